The molecule has 2 aliphatic rings. The zero-order valence-corrected chi connectivity index (χ0v) is 18.5. The SMILES string of the molecule is c1cn(CCCCn2ccc(=NC3CCCCC3)cc2)ccc1=NC1CCCCC1. The summed E-state index contributed by atoms with van der Waals surface area (Å²) < 4.78 is 4.58. The fourth-order valence-electron chi connectivity index (χ4n) is 4.80. The van der Waals surface area contributed by atoms with Gasteiger partial charge in [-0.1, -0.05) is 38.5 Å². The van der Waals surface area contributed by atoms with Gasteiger partial charge in [0.2, 0.25) is 0 Å². The molecule has 0 radical (unpaired) electrons. The molecule has 0 amide bonds. The molecule has 0 spiro atoms. The van der Waals surface area contributed by atoms with E-state index in [2.05, 4.69) is 58.2 Å². The molecule has 2 fully saturated rings. The summed E-state index contributed by atoms with van der Waals surface area (Å²) in [5.74, 6) is 0. The van der Waals surface area contributed by atoms with E-state index < -0.39 is 0 Å². The number of rotatable bonds is 7. The van der Waals surface area contributed by atoms with Crippen molar-refractivity contribution in [2.45, 2.75) is 102 Å². The quantitative estimate of drug-likeness (QED) is 0.564. The first-order chi connectivity index (χ1) is 14.8. The second-order valence-electron chi connectivity index (χ2n) is 9.14. The molecule has 0 atom stereocenters. The van der Waals surface area contributed by atoms with Gasteiger partial charge in [-0.05, 0) is 62.8 Å². The lowest BCUT2D eigenvalue weighted by atomic mass is 9.96. The minimum absolute atomic E-state index is 0.550. The number of pyridine rings is 2. The van der Waals surface area contributed by atoms with Gasteiger partial charge in [0.25, 0.3) is 0 Å². The van der Waals surface area contributed by atoms with Crippen molar-refractivity contribution >= 4 is 0 Å². The number of nitrogens with zero attached hydrogens (tertiary/aromatic N) is 4. The van der Waals surface area contributed by atoms with Crippen molar-refractivity contribution in [1.82, 2.24) is 9.13 Å². The van der Waals surface area contributed by atoms with Gasteiger partial charge in [-0.2, -0.15) is 0 Å². The third kappa shape index (κ3) is 6.72. The zero-order valence-electron chi connectivity index (χ0n) is 18.5. The topological polar surface area (TPSA) is 34.6 Å². The maximum atomic E-state index is 4.91. The van der Waals surface area contributed by atoms with Crippen LogP contribution in [0.1, 0.15) is 77.0 Å². The molecule has 0 unspecified atom stereocenters. The second kappa shape index (κ2) is 11.3. The standard InChI is InChI=1S/C26H38N4/c1-3-9-23(10-4-1)27-25-13-19-29(20-14-25)17-7-8-18-30-21-15-26(16-22-30)28-24-11-5-2-6-12-24/h13-16,19-24H,1-12,17-18H2. The monoisotopic (exact) mass is 406 g/mol. The summed E-state index contributed by atoms with van der Waals surface area (Å²) >= 11 is 0. The van der Waals surface area contributed by atoms with E-state index >= 15 is 0 Å². The van der Waals surface area contributed by atoms with Crippen LogP contribution >= 0.6 is 0 Å². The number of hydrogen-bond acceptors (Lipinski definition) is 2. The van der Waals surface area contributed by atoms with Crippen molar-refractivity contribution in [3.63, 3.8) is 0 Å². The maximum Gasteiger partial charge on any atom is 0.0606 e. The molecule has 162 valence electrons. The van der Waals surface area contributed by atoms with E-state index in [9.17, 15) is 0 Å². The van der Waals surface area contributed by atoms with Gasteiger partial charge in [-0.3, -0.25) is 9.98 Å². The molecule has 2 heterocycles. The number of aryl methyl sites for hydroxylation is 2. The highest BCUT2D eigenvalue weighted by Gasteiger charge is 2.11. The van der Waals surface area contributed by atoms with Crippen LogP contribution in [0.2, 0.25) is 0 Å². The summed E-state index contributed by atoms with van der Waals surface area (Å²) in [6.07, 6.45) is 24.4. The number of aromatic nitrogens is 2. The number of unbranched alkanes of at least 4 members (excludes halogenated alkanes) is 1. The minimum Gasteiger partial charge on any atom is -0.354 e. The van der Waals surface area contributed by atoms with Gasteiger partial charge in [0.05, 0.1) is 22.8 Å². The van der Waals surface area contributed by atoms with Gasteiger partial charge in [-0.25, -0.2) is 0 Å². The fourth-order valence-corrected chi connectivity index (χ4v) is 4.80. The van der Waals surface area contributed by atoms with Crippen molar-refractivity contribution in [3.8, 4) is 0 Å². The van der Waals surface area contributed by atoms with Crippen LogP contribution in [0.25, 0.3) is 0 Å². The van der Waals surface area contributed by atoms with E-state index in [0.717, 1.165) is 23.8 Å². The molecular weight excluding hydrogens is 368 g/mol. The Labute approximate surface area is 181 Å². The summed E-state index contributed by atoms with van der Waals surface area (Å²) in [4.78, 5) is 9.83. The highest BCUT2D eigenvalue weighted by molar-refractivity contribution is 4.95. The van der Waals surface area contributed by atoms with Crippen molar-refractivity contribution < 1.29 is 0 Å². The van der Waals surface area contributed by atoms with Crippen molar-refractivity contribution in [1.29, 1.82) is 0 Å². The lowest BCUT2D eigenvalue weighted by Crippen LogP contribution is -2.15. The Morgan fingerprint density at radius 2 is 0.933 bits per heavy atom. The average Bonchev–Trinajstić information content (AvgIpc) is 2.80. The molecule has 4 heteroatoms. The molecule has 2 aliphatic carbocycles. The summed E-state index contributed by atoms with van der Waals surface area (Å²) in [5, 5.41) is 2.29. The van der Waals surface area contributed by atoms with Gasteiger partial charge < -0.3 is 9.13 Å². The van der Waals surface area contributed by atoms with Crippen LogP contribution in [0.5, 0.6) is 0 Å². The first-order valence-electron chi connectivity index (χ1n) is 12.2. The van der Waals surface area contributed by atoms with Crippen LogP contribution in [0.15, 0.2) is 59.0 Å². The maximum absolute atomic E-state index is 4.91. The van der Waals surface area contributed by atoms with Gasteiger partial charge in [0.15, 0.2) is 0 Å². The first-order valence-corrected chi connectivity index (χ1v) is 12.2. The molecule has 4 rings (SSSR count). The van der Waals surface area contributed by atoms with E-state index in [4.69, 9.17) is 9.98 Å². The van der Waals surface area contributed by atoms with Gasteiger partial charge in [0, 0.05) is 37.9 Å². The highest BCUT2D eigenvalue weighted by atomic mass is 14.9. The van der Waals surface area contributed by atoms with Crippen LogP contribution in [-0.4, -0.2) is 21.2 Å². The van der Waals surface area contributed by atoms with E-state index in [1.54, 1.807) is 0 Å². The van der Waals surface area contributed by atoms with Gasteiger partial charge in [0.1, 0.15) is 0 Å². The molecular formula is C26H38N4. The molecule has 4 nitrogen and oxygen atoms in total. The van der Waals surface area contributed by atoms with Crippen LogP contribution in [0.3, 0.4) is 0 Å². The van der Waals surface area contributed by atoms with Gasteiger partial charge >= 0.3 is 0 Å². The van der Waals surface area contributed by atoms with Crippen LogP contribution < -0.4 is 10.7 Å². The summed E-state index contributed by atoms with van der Waals surface area (Å²) in [6, 6.07) is 9.81. The van der Waals surface area contributed by atoms with Crippen LogP contribution in [-0.2, 0) is 13.1 Å². The Hall–Kier alpha value is -2.10. The molecule has 0 N–H and O–H groups in total. The number of hydrogen-bond donors (Lipinski definition) is 0. The normalized spacial score (nSPS) is 18.3. The van der Waals surface area contributed by atoms with E-state index in [0.29, 0.717) is 12.1 Å². The molecule has 30 heavy (non-hydrogen) atoms. The molecule has 2 saturated carbocycles. The lowest BCUT2D eigenvalue weighted by Gasteiger charge is -2.17. The van der Waals surface area contributed by atoms with Crippen molar-refractivity contribution in [2.75, 3.05) is 0 Å². The summed E-state index contributed by atoms with van der Waals surface area (Å²) in [5.41, 5.74) is 0. The Bertz CT molecular complexity index is 779. The largest absolute Gasteiger partial charge is 0.354 e. The Balaban J connectivity index is 1.20. The van der Waals surface area contributed by atoms with Gasteiger partial charge in [-0.15, -0.1) is 0 Å². The average molecular weight is 407 g/mol. The Morgan fingerprint density at radius 3 is 1.30 bits per heavy atom. The first kappa shape index (κ1) is 21.1. The fraction of sp³-hybridized carbons (Fsp3) is 0.615. The molecule has 0 aliphatic heterocycles. The molecule has 2 aromatic heterocycles. The van der Waals surface area contributed by atoms with Crippen LogP contribution in [0.4, 0.5) is 0 Å². The molecule has 2 aromatic rings. The van der Waals surface area contributed by atoms with E-state index in [1.807, 2.05) is 0 Å². The summed E-state index contributed by atoms with van der Waals surface area (Å²) in [7, 11) is 0. The third-order valence-corrected chi connectivity index (χ3v) is 6.64. The van der Waals surface area contributed by atoms with Crippen molar-refractivity contribution in [3.05, 3.63) is 59.8 Å². The molecule has 0 aromatic carbocycles. The van der Waals surface area contributed by atoms with E-state index in [1.165, 1.54) is 77.0 Å². The highest BCUT2D eigenvalue weighted by Crippen LogP contribution is 2.20. The van der Waals surface area contributed by atoms with Crippen molar-refractivity contribution in [2.24, 2.45) is 9.98 Å². The predicted molar refractivity (Wildman–Crippen MR) is 123 cm³/mol. The molecule has 0 saturated heterocycles. The van der Waals surface area contributed by atoms with Crippen LogP contribution in [0, 0.1) is 0 Å². The lowest BCUT2D eigenvalue weighted by molar-refractivity contribution is 0.437. The Kier molecular flexibility index (Phi) is 7.99. The minimum atomic E-state index is 0.550. The van der Waals surface area contributed by atoms with E-state index in [-0.39, 0.29) is 0 Å². The summed E-state index contributed by atoms with van der Waals surface area (Å²) in [6.45, 7) is 2.14. The smallest absolute Gasteiger partial charge is 0.0606 e. The third-order valence-electron chi connectivity index (χ3n) is 6.64. The molecule has 0 bridgehead atoms. The second-order valence-corrected chi connectivity index (χ2v) is 9.14. The zero-order chi connectivity index (χ0) is 20.4. The predicted octanol–water partition coefficient (Wildman–Crippen LogP) is 5.24. The Morgan fingerprint density at radius 1 is 0.567 bits per heavy atom.